The second-order valence-electron chi connectivity index (χ2n) is 1.75. The van der Waals surface area contributed by atoms with Gasteiger partial charge in [-0.2, -0.15) is 0 Å². The molecular weight excluding hydrogens is 296 g/mol. The maximum absolute atomic E-state index is 5.63. The van der Waals surface area contributed by atoms with Crippen LogP contribution in [0.4, 0.5) is 0 Å². The number of allylic oxidation sites excluding steroid dienone is 1. The van der Waals surface area contributed by atoms with Gasteiger partial charge in [-0.05, 0) is 0 Å². The van der Waals surface area contributed by atoms with Crippen molar-refractivity contribution in [3.05, 3.63) is 12.2 Å². The van der Waals surface area contributed by atoms with E-state index in [4.69, 9.17) is 8.25 Å². The van der Waals surface area contributed by atoms with E-state index in [1.54, 1.807) is 0 Å². The molecule has 0 unspecified atom stereocenters. The van der Waals surface area contributed by atoms with E-state index < -0.39 is 23.3 Å². The molecule has 0 rings (SSSR count). The molecule has 0 spiro atoms. The Morgan fingerprint density at radius 3 is 2.57 bits per heavy atom. The van der Waals surface area contributed by atoms with Crippen molar-refractivity contribution in [1.82, 2.24) is 0 Å². The van der Waals surface area contributed by atoms with E-state index in [9.17, 15) is 0 Å². The second-order valence-corrected chi connectivity index (χ2v) is 9.28. The van der Waals surface area contributed by atoms with E-state index in [1.165, 1.54) is 15.9 Å². The first-order valence-corrected chi connectivity index (χ1v) is 13.1. The van der Waals surface area contributed by atoms with Crippen LogP contribution in [-0.2, 0) is 23.3 Å². The van der Waals surface area contributed by atoms with E-state index in [0.717, 1.165) is 0 Å². The standard InChI is InChI=1S/C5H9.ClH.Hg/c1-4-5(2)3;;/h1-2,4H2,3H3;1H;/q;;+1/p-1. The number of hydrogen-bond donors (Lipinski definition) is 0. The van der Waals surface area contributed by atoms with E-state index in [2.05, 4.69) is 13.5 Å². The van der Waals surface area contributed by atoms with Crippen molar-refractivity contribution in [2.45, 2.75) is 17.3 Å². The molecule has 0 aromatic carbocycles. The summed E-state index contributed by atoms with van der Waals surface area (Å²) in [5, 5.41) is 0. The van der Waals surface area contributed by atoms with Crippen LogP contribution in [0.25, 0.3) is 0 Å². The second kappa shape index (κ2) is 5.11. The molecule has 0 atom stereocenters. The molecule has 0 aromatic heterocycles. The van der Waals surface area contributed by atoms with Crippen LogP contribution in [0.1, 0.15) is 13.3 Å². The predicted molar refractivity (Wildman–Crippen MR) is 30.1 cm³/mol. The van der Waals surface area contributed by atoms with Crippen molar-refractivity contribution in [3.63, 3.8) is 0 Å². The third-order valence-electron chi connectivity index (χ3n) is 0.737. The average molecular weight is 305 g/mol. The first-order chi connectivity index (χ1) is 3.27. The fourth-order valence-corrected chi connectivity index (χ4v) is 4.41. The summed E-state index contributed by atoms with van der Waals surface area (Å²) in [7, 11) is 5.63. The zero-order valence-electron chi connectivity index (χ0n) is 4.71. The van der Waals surface area contributed by atoms with Gasteiger partial charge in [0.05, 0.1) is 0 Å². The van der Waals surface area contributed by atoms with Crippen LogP contribution in [0, 0.1) is 0 Å². The van der Waals surface area contributed by atoms with Gasteiger partial charge in [0.1, 0.15) is 0 Å². The van der Waals surface area contributed by atoms with Crippen molar-refractivity contribution < 1.29 is 23.3 Å². The van der Waals surface area contributed by atoms with Gasteiger partial charge in [0.25, 0.3) is 0 Å². The predicted octanol–water partition coefficient (Wildman–Crippen LogP) is 2.61. The Bertz CT molecular complexity index is 61.1. The molecule has 0 aliphatic carbocycles. The van der Waals surface area contributed by atoms with Crippen molar-refractivity contribution >= 4 is 8.25 Å². The summed E-state index contributed by atoms with van der Waals surface area (Å²) < 4.78 is 1.29. The van der Waals surface area contributed by atoms with Gasteiger partial charge in [-0.3, -0.25) is 0 Å². The van der Waals surface area contributed by atoms with Crippen molar-refractivity contribution in [3.8, 4) is 0 Å². The minimum atomic E-state index is -0.802. The number of halogens is 1. The Kier molecular flexibility index (Phi) is 5.81. The fraction of sp³-hybridized carbons (Fsp3) is 0.600. The molecule has 0 radical (unpaired) electrons. The molecule has 0 aliphatic heterocycles. The monoisotopic (exact) mass is 306 g/mol. The minimum absolute atomic E-state index is 0.802. The van der Waals surface area contributed by atoms with E-state index in [0.29, 0.717) is 0 Å². The molecule has 38 valence electrons. The molecule has 0 amide bonds. The summed E-state index contributed by atoms with van der Waals surface area (Å²) in [5.74, 6) is 0. The fourth-order valence-electron chi connectivity index (χ4n) is 0.369. The van der Waals surface area contributed by atoms with Gasteiger partial charge in [0.2, 0.25) is 0 Å². The van der Waals surface area contributed by atoms with Crippen LogP contribution in [0.3, 0.4) is 0 Å². The molecule has 0 bridgehead atoms. The topological polar surface area (TPSA) is 0 Å². The normalized spacial score (nSPS) is 7.71. The molecule has 0 N–H and O–H groups in total. The van der Waals surface area contributed by atoms with Crippen LogP contribution < -0.4 is 0 Å². The molecule has 0 nitrogen and oxygen atoms in total. The Morgan fingerprint density at radius 2 is 2.43 bits per heavy atom. The Labute approximate surface area is 60.8 Å². The third-order valence-corrected chi connectivity index (χ3v) is 5.50. The van der Waals surface area contributed by atoms with Gasteiger partial charge in [0, 0.05) is 0 Å². The molecule has 0 saturated carbocycles. The van der Waals surface area contributed by atoms with E-state index in [-0.39, 0.29) is 0 Å². The number of rotatable bonds is 3. The Hall–Kier alpha value is 0.965. The first-order valence-electron chi connectivity index (χ1n) is 2.47. The average Bonchev–Trinajstić information content (AvgIpc) is 1.61. The summed E-state index contributed by atoms with van der Waals surface area (Å²) in [5.41, 5.74) is 1.28. The van der Waals surface area contributed by atoms with Crippen LogP contribution >= 0.6 is 8.25 Å². The summed E-state index contributed by atoms with van der Waals surface area (Å²) in [6.07, 6.45) is 1.17. The SMILES string of the molecule is C=C(C)C[CH2][Hg][Cl]. The molecule has 0 aromatic rings. The van der Waals surface area contributed by atoms with Crippen molar-refractivity contribution in [2.24, 2.45) is 0 Å². The van der Waals surface area contributed by atoms with Crippen LogP contribution in [0.2, 0.25) is 3.93 Å². The van der Waals surface area contributed by atoms with Crippen LogP contribution in [0.5, 0.6) is 0 Å². The van der Waals surface area contributed by atoms with E-state index >= 15 is 0 Å². The molecule has 0 aliphatic rings. The van der Waals surface area contributed by atoms with Gasteiger partial charge >= 0.3 is 61.0 Å². The zero-order valence-corrected chi connectivity index (χ0v) is 11.0. The van der Waals surface area contributed by atoms with Gasteiger partial charge in [-0.25, -0.2) is 0 Å². The van der Waals surface area contributed by atoms with Gasteiger partial charge in [-0.15, -0.1) is 0 Å². The molecule has 2 heteroatoms. The van der Waals surface area contributed by atoms with Gasteiger partial charge in [0.15, 0.2) is 0 Å². The van der Waals surface area contributed by atoms with Gasteiger partial charge < -0.3 is 0 Å². The quantitative estimate of drug-likeness (QED) is 0.555. The number of hydrogen-bond acceptors (Lipinski definition) is 0. The Balaban J connectivity index is 2.82. The summed E-state index contributed by atoms with van der Waals surface area (Å²) in [6, 6.07) is 0. The van der Waals surface area contributed by atoms with Crippen molar-refractivity contribution in [1.29, 1.82) is 0 Å². The summed E-state index contributed by atoms with van der Waals surface area (Å²) in [4.78, 5) is 0. The first kappa shape index (κ1) is 7.97. The van der Waals surface area contributed by atoms with Crippen LogP contribution in [-0.4, -0.2) is 0 Å². The molecule has 0 fully saturated rings. The molecule has 7 heavy (non-hydrogen) atoms. The van der Waals surface area contributed by atoms with E-state index in [1.807, 2.05) is 0 Å². The van der Waals surface area contributed by atoms with Crippen LogP contribution in [0.15, 0.2) is 12.2 Å². The zero-order chi connectivity index (χ0) is 5.70. The third kappa shape index (κ3) is 6.97. The van der Waals surface area contributed by atoms with Crippen molar-refractivity contribution in [2.75, 3.05) is 0 Å². The molecule has 0 saturated heterocycles. The summed E-state index contributed by atoms with van der Waals surface area (Å²) in [6.45, 7) is 5.83. The maximum atomic E-state index is 5.63. The molecular formula is C5H9ClHg. The van der Waals surface area contributed by atoms with Gasteiger partial charge in [-0.1, -0.05) is 0 Å². The Morgan fingerprint density at radius 1 is 1.86 bits per heavy atom. The summed E-state index contributed by atoms with van der Waals surface area (Å²) >= 11 is -0.802. The molecule has 0 heterocycles.